The van der Waals surface area contributed by atoms with Crippen molar-refractivity contribution in [2.75, 3.05) is 6.54 Å². The average Bonchev–Trinajstić information content (AvgIpc) is 2.23. The van der Waals surface area contributed by atoms with Crippen LogP contribution in [0.2, 0.25) is 0 Å². The molecule has 6 nitrogen and oxygen atoms in total. The fraction of sp³-hybridized carbons (Fsp3) is 0.100. The highest BCUT2D eigenvalue weighted by Gasteiger charge is 2.21. The molecule has 0 aliphatic rings. The number of benzene rings is 1. The summed E-state index contributed by atoms with van der Waals surface area (Å²) in [5, 5.41) is 13.4. The van der Waals surface area contributed by atoms with Crippen LogP contribution in [-0.2, 0) is 10.2 Å². The maximum atomic E-state index is 10.9. The van der Waals surface area contributed by atoms with E-state index in [1.807, 2.05) is 18.2 Å². The SMILES string of the molecule is NS(=O)(=O)N(C/C=C/c1ccccc1)C(=O)O. The van der Waals surface area contributed by atoms with Gasteiger partial charge in [0.2, 0.25) is 0 Å². The molecule has 17 heavy (non-hydrogen) atoms. The van der Waals surface area contributed by atoms with Crippen LogP contribution < -0.4 is 5.14 Å². The highest BCUT2D eigenvalue weighted by atomic mass is 32.2. The highest BCUT2D eigenvalue weighted by molar-refractivity contribution is 7.87. The monoisotopic (exact) mass is 256 g/mol. The van der Waals surface area contributed by atoms with Gasteiger partial charge in [0, 0.05) is 0 Å². The standard InChI is InChI=1S/C10H12N2O4S/c11-17(15,16)12(10(13)14)8-4-7-9-5-2-1-3-6-9/h1-7H,8H2,(H,13,14)(H2,11,15,16)/b7-4+. The second kappa shape index (κ2) is 5.46. The fourth-order valence-corrected chi connectivity index (χ4v) is 1.65. The number of hydrogen-bond donors (Lipinski definition) is 2. The van der Waals surface area contributed by atoms with Crippen molar-refractivity contribution < 1.29 is 18.3 Å². The Hall–Kier alpha value is -1.86. The van der Waals surface area contributed by atoms with Gasteiger partial charge in [-0.3, -0.25) is 0 Å². The molecule has 0 radical (unpaired) electrons. The van der Waals surface area contributed by atoms with E-state index in [0.717, 1.165) is 5.56 Å². The number of carbonyl (C=O) groups is 1. The first-order valence-corrected chi connectivity index (χ1v) is 6.16. The number of amides is 1. The number of rotatable bonds is 4. The van der Waals surface area contributed by atoms with Gasteiger partial charge in [0.15, 0.2) is 0 Å². The predicted octanol–water partition coefficient (Wildman–Crippen LogP) is 0.883. The molecule has 0 heterocycles. The number of hydrogen-bond acceptors (Lipinski definition) is 3. The third kappa shape index (κ3) is 4.25. The summed E-state index contributed by atoms with van der Waals surface area (Å²) >= 11 is 0. The van der Waals surface area contributed by atoms with Crippen LogP contribution in [0.4, 0.5) is 4.79 Å². The molecule has 0 saturated heterocycles. The Labute approximate surface area is 99.2 Å². The van der Waals surface area contributed by atoms with Crippen molar-refractivity contribution in [2.24, 2.45) is 5.14 Å². The number of nitrogens with two attached hydrogens (primary N) is 1. The molecule has 7 heteroatoms. The number of nitrogens with zero attached hydrogens (tertiary/aromatic N) is 1. The molecular weight excluding hydrogens is 244 g/mol. The van der Waals surface area contributed by atoms with Crippen molar-refractivity contribution in [3.63, 3.8) is 0 Å². The van der Waals surface area contributed by atoms with E-state index < -0.39 is 16.3 Å². The molecule has 0 unspecified atom stereocenters. The summed E-state index contributed by atoms with van der Waals surface area (Å²) in [4.78, 5) is 10.6. The van der Waals surface area contributed by atoms with Crippen LogP contribution in [0.15, 0.2) is 36.4 Å². The van der Waals surface area contributed by atoms with E-state index in [1.165, 1.54) is 6.08 Å². The Kier molecular flexibility index (Phi) is 4.24. The van der Waals surface area contributed by atoms with Crippen LogP contribution in [-0.4, -0.2) is 30.5 Å². The molecular formula is C10H12N2O4S. The maximum Gasteiger partial charge on any atom is 0.422 e. The first kappa shape index (κ1) is 13.2. The van der Waals surface area contributed by atoms with Crippen LogP contribution in [0.5, 0.6) is 0 Å². The zero-order valence-electron chi connectivity index (χ0n) is 8.85. The Bertz CT molecular complexity index is 510. The van der Waals surface area contributed by atoms with Crippen molar-refractivity contribution in [2.45, 2.75) is 0 Å². The molecule has 0 saturated carbocycles. The lowest BCUT2D eigenvalue weighted by molar-refractivity contribution is 0.175. The van der Waals surface area contributed by atoms with Crippen LogP contribution in [0.25, 0.3) is 6.08 Å². The maximum absolute atomic E-state index is 10.9. The molecule has 0 spiro atoms. The topological polar surface area (TPSA) is 101 Å². The van der Waals surface area contributed by atoms with Gasteiger partial charge in [-0.1, -0.05) is 42.5 Å². The summed E-state index contributed by atoms with van der Waals surface area (Å²) in [6.45, 7) is -0.316. The van der Waals surface area contributed by atoms with E-state index >= 15 is 0 Å². The molecule has 1 aromatic carbocycles. The van der Waals surface area contributed by atoms with Gasteiger partial charge in [0.05, 0.1) is 6.54 Å². The summed E-state index contributed by atoms with van der Waals surface area (Å²) in [6.07, 6.45) is 1.42. The zero-order chi connectivity index (χ0) is 12.9. The molecule has 1 rings (SSSR count). The lowest BCUT2D eigenvalue weighted by Gasteiger charge is -2.13. The predicted molar refractivity (Wildman–Crippen MR) is 63.3 cm³/mol. The van der Waals surface area contributed by atoms with E-state index in [9.17, 15) is 13.2 Å². The average molecular weight is 256 g/mol. The number of carboxylic acid groups (broad SMARTS) is 1. The van der Waals surface area contributed by atoms with Crippen molar-refractivity contribution in [3.8, 4) is 0 Å². The molecule has 0 bridgehead atoms. The minimum absolute atomic E-state index is 0.159. The third-order valence-electron chi connectivity index (χ3n) is 1.90. The minimum atomic E-state index is -4.24. The Morgan fingerprint density at radius 2 is 1.94 bits per heavy atom. The van der Waals surface area contributed by atoms with Gasteiger partial charge in [0.25, 0.3) is 0 Å². The van der Waals surface area contributed by atoms with Gasteiger partial charge in [-0.25, -0.2) is 9.93 Å². The third-order valence-corrected chi connectivity index (χ3v) is 2.82. The lowest BCUT2D eigenvalue weighted by atomic mass is 10.2. The van der Waals surface area contributed by atoms with Crippen LogP contribution in [0.3, 0.4) is 0 Å². The zero-order valence-corrected chi connectivity index (χ0v) is 9.67. The second-order valence-electron chi connectivity index (χ2n) is 3.17. The van der Waals surface area contributed by atoms with E-state index in [-0.39, 0.29) is 10.8 Å². The van der Waals surface area contributed by atoms with Gasteiger partial charge in [-0.05, 0) is 5.56 Å². The van der Waals surface area contributed by atoms with Crippen molar-refractivity contribution in [3.05, 3.63) is 42.0 Å². The molecule has 0 aliphatic heterocycles. The molecule has 1 amide bonds. The van der Waals surface area contributed by atoms with Gasteiger partial charge in [-0.15, -0.1) is 0 Å². The Morgan fingerprint density at radius 3 is 2.41 bits per heavy atom. The first-order chi connectivity index (χ1) is 7.91. The Balaban J connectivity index is 2.72. The van der Waals surface area contributed by atoms with Crippen molar-refractivity contribution in [1.82, 2.24) is 4.31 Å². The van der Waals surface area contributed by atoms with Crippen molar-refractivity contribution >= 4 is 22.4 Å². The smallest absolute Gasteiger partial charge is 0.422 e. The van der Waals surface area contributed by atoms with Crippen LogP contribution in [0, 0.1) is 0 Å². The molecule has 0 fully saturated rings. The summed E-state index contributed by atoms with van der Waals surface area (Å²) in [6, 6.07) is 9.07. The van der Waals surface area contributed by atoms with Crippen LogP contribution >= 0.6 is 0 Å². The molecule has 0 aliphatic carbocycles. The molecule has 3 N–H and O–H groups in total. The summed E-state index contributed by atoms with van der Waals surface area (Å²) in [5.74, 6) is 0. The lowest BCUT2D eigenvalue weighted by Crippen LogP contribution is -2.40. The quantitative estimate of drug-likeness (QED) is 0.835. The minimum Gasteiger partial charge on any atom is -0.464 e. The van der Waals surface area contributed by atoms with E-state index in [0.29, 0.717) is 0 Å². The Morgan fingerprint density at radius 1 is 1.35 bits per heavy atom. The van der Waals surface area contributed by atoms with E-state index in [2.05, 4.69) is 0 Å². The molecule has 1 aromatic rings. The van der Waals surface area contributed by atoms with Gasteiger partial charge in [-0.2, -0.15) is 12.7 Å². The first-order valence-electron chi connectivity index (χ1n) is 4.66. The summed E-state index contributed by atoms with van der Waals surface area (Å²) < 4.78 is 22.0. The second-order valence-corrected chi connectivity index (χ2v) is 4.64. The van der Waals surface area contributed by atoms with Gasteiger partial charge in [0.1, 0.15) is 0 Å². The van der Waals surface area contributed by atoms with Gasteiger partial charge < -0.3 is 5.11 Å². The highest BCUT2D eigenvalue weighted by Crippen LogP contribution is 2.02. The summed E-state index contributed by atoms with van der Waals surface area (Å²) in [5.41, 5.74) is 0.840. The van der Waals surface area contributed by atoms with Crippen molar-refractivity contribution in [1.29, 1.82) is 0 Å². The molecule has 0 atom stereocenters. The van der Waals surface area contributed by atoms with Gasteiger partial charge >= 0.3 is 16.3 Å². The molecule has 92 valence electrons. The fourth-order valence-electron chi connectivity index (χ4n) is 1.14. The van der Waals surface area contributed by atoms with Crippen LogP contribution in [0.1, 0.15) is 5.56 Å². The van der Waals surface area contributed by atoms with E-state index in [1.54, 1.807) is 18.2 Å². The van der Waals surface area contributed by atoms with E-state index in [4.69, 9.17) is 10.2 Å². The largest absolute Gasteiger partial charge is 0.464 e. The normalized spacial score (nSPS) is 11.6. The summed E-state index contributed by atoms with van der Waals surface area (Å²) in [7, 11) is -4.24. The molecule has 0 aromatic heterocycles.